The van der Waals surface area contributed by atoms with Gasteiger partial charge in [0.2, 0.25) is 0 Å². The van der Waals surface area contributed by atoms with Crippen LogP contribution in [0.15, 0.2) is 4.99 Å². The zero-order chi connectivity index (χ0) is 11.6. The maximum atomic E-state index is 5.80. The molecule has 0 aromatic rings. The van der Waals surface area contributed by atoms with E-state index >= 15 is 0 Å². The van der Waals surface area contributed by atoms with Crippen LogP contribution >= 0.6 is 0 Å². The third-order valence-electron chi connectivity index (χ3n) is 2.09. The highest BCUT2D eigenvalue weighted by atomic mass is 15.1. The Morgan fingerprint density at radius 3 is 1.86 bits per heavy atom. The molecule has 0 aromatic heterocycles. The Bertz CT molecular complexity index is 206. The van der Waals surface area contributed by atoms with Crippen molar-refractivity contribution in [1.82, 2.24) is 5.32 Å². The van der Waals surface area contributed by atoms with Crippen LogP contribution in [0.2, 0.25) is 0 Å². The fourth-order valence-electron chi connectivity index (χ4n) is 0.819. The monoisotopic (exact) mass is 199 g/mol. The molecule has 0 aliphatic heterocycles. The van der Waals surface area contributed by atoms with E-state index in [1.165, 1.54) is 0 Å². The molecule has 0 radical (unpaired) electrons. The van der Waals surface area contributed by atoms with Crippen molar-refractivity contribution >= 4 is 5.96 Å². The number of guanidine groups is 1. The largest absolute Gasteiger partial charge is 0.370 e. The lowest BCUT2D eigenvalue weighted by molar-refractivity contribution is 0.339. The molecule has 14 heavy (non-hydrogen) atoms. The van der Waals surface area contributed by atoms with Crippen LogP contribution in [-0.2, 0) is 0 Å². The summed E-state index contributed by atoms with van der Waals surface area (Å²) in [6.07, 6.45) is 0. The van der Waals surface area contributed by atoms with Crippen LogP contribution in [0.5, 0.6) is 0 Å². The van der Waals surface area contributed by atoms with Gasteiger partial charge in [-0.25, -0.2) is 4.99 Å². The first kappa shape index (κ1) is 13.3. The van der Waals surface area contributed by atoms with Gasteiger partial charge in [-0.05, 0) is 33.1 Å². The summed E-state index contributed by atoms with van der Waals surface area (Å²) in [7, 11) is 0. The predicted molar refractivity (Wildman–Crippen MR) is 63.4 cm³/mol. The normalized spacial score (nSPS) is 16.6. The maximum absolute atomic E-state index is 5.80. The van der Waals surface area contributed by atoms with Crippen molar-refractivity contribution in [2.45, 2.75) is 60.0 Å². The van der Waals surface area contributed by atoms with E-state index in [1.807, 2.05) is 0 Å². The van der Waals surface area contributed by atoms with Crippen LogP contribution in [0.1, 0.15) is 48.5 Å². The van der Waals surface area contributed by atoms with Gasteiger partial charge in [0, 0.05) is 5.54 Å². The topological polar surface area (TPSA) is 50.4 Å². The van der Waals surface area contributed by atoms with E-state index in [1.54, 1.807) is 0 Å². The minimum absolute atomic E-state index is 0.0226. The summed E-state index contributed by atoms with van der Waals surface area (Å²) in [6.45, 7) is 14.8. The summed E-state index contributed by atoms with van der Waals surface area (Å²) in [5.74, 6) is 0.528. The highest BCUT2D eigenvalue weighted by molar-refractivity contribution is 5.78. The quantitative estimate of drug-likeness (QED) is 0.502. The summed E-state index contributed by atoms with van der Waals surface area (Å²) >= 11 is 0. The molecule has 1 unspecified atom stereocenters. The van der Waals surface area contributed by atoms with Crippen LogP contribution in [0, 0.1) is 5.41 Å². The molecule has 0 fully saturated rings. The van der Waals surface area contributed by atoms with Crippen molar-refractivity contribution in [2.24, 2.45) is 16.1 Å². The van der Waals surface area contributed by atoms with Gasteiger partial charge in [-0.15, -0.1) is 0 Å². The second-order valence-electron chi connectivity index (χ2n) is 5.93. The van der Waals surface area contributed by atoms with Crippen LogP contribution in [0.4, 0.5) is 0 Å². The van der Waals surface area contributed by atoms with Gasteiger partial charge in [0.15, 0.2) is 5.96 Å². The van der Waals surface area contributed by atoms with Crippen LogP contribution in [0.25, 0.3) is 0 Å². The SMILES string of the molecule is CC(N=C(N)NC(C)(C)C)C(C)(C)C. The maximum Gasteiger partial charge on any atom is 0.189 e. The first-order valence-electron chi connectivity index (χ1n) is 5.14. The van der Waals surface area contributed by atoms with Gasteiger partial charge in [-0.3, -0.25) is 0 Å². The lowest BCUT2D eigenvalue weighted by atomic mass is 9.88. The third kappa shape index (κ3) is 5.84. The van der Waals surface area contributed by atoms with Crippen LogP contribution in [0.3, 0.4) is 0 Å². The molecule has 3 heteroatoms. The number of nitrogens with two attached hydrogens (primary N) is 1. The predicted octanol–water partition coefficient (Wildman–Crippen LogP) is 2.12. The molecule has 1 atom stereocenters. The third-order valence-corrected chi connectivity index (χ3v) is 2.09. The molecule has 0 heterocycles. The van der Waals surface area contributed by atoms with E-state index < -0.39 is 0 Å². The molecular formula is C11H25N3. The molecule has 0 rings (SSSR count). The van der Waals surface area contributed by atoms with E-state index in [9.17, 15) is 0 Å². The number of aliphatic imine (C=N–C) groups is 1. The first-order chi connectivity index (χ1) is 6.02. The van der Waals surface area contributed by atoms with E-state index in [2.05, 4.69) is 58.8 Å². The Morgan fingerprint density at radius 2 is 1.57 bits per heavy atom. The van der Waals surface area contributed by atoms with Gasteiger partial charge < -0.3 is 11.1 Å². The van der Waals surface area contributed by atoms with E-state index in [0.29, 0.717) is 5.96 Å². The Kier molecular flexibility index (Phi) is 3.98. The van der Waals surface area contributed by atoms with Gasteiger partial charge in [0.25, 0.3) is 0 Å². The van der Waals surface area contributed by atoms with E-state index in [4.69, 9.17) is 5.73 Å². The number of hydrogen-bond acceptors (Lipinski definition) is 1. The molecule has 0 saturated heterocycles. The number of nitrogens with one attached hydrogen (secondary N) is 1. The molecule has 0 aromatic carbocycles. The summed E-state index contributed by atoms with van der Waals surface area (Å²) in [6, 6.07) is 0.220. The minimum Gasteiger partial charge on any atom is -0.370 e. The zero-order valence-electron chi connectivity index (χ0n) is 10.6. The van der Waals surface area contributed by atoms with E-state index in [0.717, 1.165) is 0 Å². The van der Waals surface area contributed by atoms with Crippen molar-refractivity contribution in [1.29, 1.82) is 0 Å². The second-order valence-corrected chi connectivity index (χ2v) is 5.93. The summed E-state index contributed by atoms with van der Waals surface area (Å²) in [5, 5.41) is 3.15. The van der Waals surface area contributed by atoms with Gasteiger partial charge >= 0.3 is 0 Å². The van der Waals surface area contributed by atoms with Crippen molar-refractivity contribution in [3.63, 3.8) is 0 Å². The molecule has 3 nitrogen and oxygen atoms in total. The Labute approximate surface area is 88.2 Å². The van der Waals surface area contributed by atoms with Crippen molar-refractivity contribution in [3.8, 4) is 0 Å². The molecular weight excluding hydrogens is 174 g/mol. The highest BCUT2D eigenvalue weighted by Crippen LogP contribution is 2.21. The number of hydrogen-bond donors (Lipinski definition) is 2. The molecule has 84 valence electrons. The number of rotatable bonds is 1. The smallest absolute Gasteiger partial charge is 0.189 e. The highest BCUT2D eigenvalue weighted by Gasteiger charge is 2.20. The molecule has 0 bridgehead atoms. The fourth-order valence-corrected chi connectivity index (χ4v) is 0.819. The summed E-state index contributed by atoms with van der Waals surface area (Å²) in [4.78, 5) is 4.42. The van der Waals surface area contributed by atoms with Gasteiger partial charge in [-0.2, -0.15) is 0 Å². The van der Waals surface area contributed by atoms with Crippen LogP contribution < -0.4 is 11.1 Å². The minimum atomic E-state index is -0.0226. The molecule has 0 saturated carbocycles. The molecule has 0 aliphatic carbocycles. The Balaban J connectivity index is 4.39. The Morgan fingerprint density at radius 1 is 1.14 bits per heavy atom. The zero-order valence-corrected chi connectivity index (χ0v) is 10.6. The van der Waals surface area contributed by atoms with Gasteiger partial charge in [-0.1, -0.05) is 20.8 Å². The average Bonchev–Trinajstić information content (AvgIpc) is 1.79. The van der Waals surface area contributed by atoms with Crippen molar-refractivity contribution in [3.05, 3.63) is 0 Å². The van der Waals surface area contributed by atoms with Gasteiger partial charge in [0.05, 0.1) is 6.04 Å². The average molecular weight is 199 g/mol. The molecule has 0 amide bonds. The standard InChI is InChI=1S/C11H25N3/c1-8(10(2,3)4)13-9(12)14-11(5,6)7/h8H,1-7H3,(H3,12,13,14). The summed E-state index contributed by atoms with van der Waals surface area (Å²) < 4.78 is 0. The first-order valence-corrected chi connectivity index (χ1v) is 5.14. The Hall–Kier alpha value is -0.730. The van der Waals surface area contributed by atoms with E-state index in [-0.39, 0.29) is 17.0 Å². The molecule has 0 aliphatic rings. The number of nitrogens with zero attached hydrogens (tertiary/aromatic N) is 1. The summed E-state index contributed by atoms with van der Waals surface area (Å²) in [5.41, 5.74) is 5.93. The van der Waals surface area contributed by atoms with Gasteiger partial charge in [0.1, 0.15) is 0 Å². The van der Waals surface area contributed by atoms with Crippen molar-refractivity contribution < 1.29 is 0 Å². The second kappa shape index (κ2) is 4.20. The fraction of sp³-hybridized carbons (Fsp3) is 0.909. The lowest BCUT2D eigenvalue weighted by Crippen LogP contribution is -2.46. The van der Waals surface area contributed by atoms with Crippen LogP contribution in [-0.4, -0.2) is 17.5 Å². The van der Waals surface area contributed by atoms with Crippen molar-refractivity contribution in [2.75, 3.05) is 0 Å². The lowest BCUT2D eigenvalue weighted by Gasteiger charge is -2.26. The molecule has 0 spiro atoms. The molecule has 3 N–H and O–H groups in total.